The molecule has 2 aliphatic rings. The van der Waals surface area contributed by atoms with Crippen LogP contribution < -0.4 is 5.32 Å². The molecule has 0 aliphatic heterocycles. The molecule has 0 saturated heterocycles. The molecule has 3 heteroatoms. The number of hydrogen-bond donors (Lipinski definition) is 1. The zero-order valence-corrected chi connectivity index (χ0v) is 11.4. The second-order valence-corrected chi connectivity index (χ2v) is 5.86. The first-order valence-corrected chi connectivity index (χ1v) is 7.36. The number of likely N-dealkylation sites (N-methyl/N-ethyl adjacent to an activating group) is 1. The number of rotatable bonds is 3. The van der Waals surface area contributed by atoms with E-state index in [4.69, 9.17) is 0 Å². The average Bonchev–Trinajstić information content (AvgIpc) is 2.58. The van der Waals surface area contributed by atoms with E-state index in [1.54, 1.807) is 0 Å². The van der Waals surface area contributed by atoms with Crippen LogP contribution in [-0.4, -0.2) is 19.0 Å². The normalized spacial score (nSPS) is 30.4. The Kier molecular flexibility index (Phi) is 4.77. The van der Waals surface area contributed by atoms with Gasteiger partial charge < -0.3 is 5.32 Å². The van der Waals surface area contributed by atoms with Crippen LogP contribution in [0.5, 0.6) is 0 Å². The van der Waals surface area contributed by atoms with Crippen molar-refractivity contribution in [2.75, 3.05) is 7.05 Å². The lowest BCUT2D eigenvalue weighted by atomic mass is 9.78. The Balaban J connectivity index is 2.05. The summed E-state index contributed by atoms with van der Waals surface area (Å²) in [6, 6.07) is 0.175. The lowest BCUT2D eigenvalue weighted by molar-refractivity contribution is -0.0559. The lowest BCUT2D eigenvalue weighted by Gasteiger charge is -2.35. The molecule has 0 bridgehead atoms. The summed E-state index contributed by atoms with van der Waals surface area (Å²) in [6.07, 6.45) is 10.0. The van der Waals surface area contributed by atoms with Gasteiger partial charge in [-0.15, -0.1) is 0 Å². The van der Waals surface area contributed by atoms with Gasteiger partial charge in [0.15, 0.2) is 0 Å². The third-order valence-electron chi connectivity index (χ3n) is 4.44. The summed E-state index contributed by atoms with van der Waals surface area (Å²) in [4.78, 5) is 0. The van der Waals surface area contributed by atoms with Crippen LogP contribution in [0, 0.1) is 5.92 Å². The Labute approximate surface area is 109 Å². The van der Waals surface area contributed by atoms with Gasteiger partial charge in [-0.25, -0.2) is 8.78 Å². The molecule has 0 aromatic heterocycles. The van der Waals surface area contributed by atoms with Crippen molar-refractivity contribution in [1.29, 1.82) is 0 Å². The van der Waals surface area contributed by atoms with Crippen molar-refractivity contribution >= 4 is 0 Å². The maximum Gasteiger partial charge on any atom is 0.248 e. The van der Waals surface area contributed by atoms with Gasteiger partial charge in [0, 0.05) is 18.9 Å². The second-order valence-electron chi connectivity index (χ2n) is 5.86. The van der Waals surface area contributed by atoms with Crippen molar-refractivity contribution in [3.05, 3.63) is 11.6 Å². The van der Waals surface area contributed by atoms with E-state index in [0.29, 0.717) is 6.42 Å². The fourth-order valence-corrected chi connectivity index (χ4v) is 3.54. The second kappa shape index (κ2) is 6.14. The molecular weight excluding hydrogens is 232 g/mol. The molecule has 1 nitrogen and oxygen atoms in total. The Morgan fingerprint density at radius 3 is 2.83 bits per heavy atom. The summed E-state index contributed by atoms with van der Waals surface area (Å²) in [5.74, 6) is -2.33. The Morgan fingerprint density at radius 1 is 1.28 bits per heavy atom. The van der Waals surface area contributed by atoms with Crippen LogP contribution in [0.25, 0.3) is 0 Å². The maximum atomic E-state index is 13.6. The van der Waals surface area contributed by atoms with E-state index in [-0.39, 0.29) is 24.8 Å². The minimum atomic E-state index is -2.44. The van der Waals surface area contributed by atoms with E-state index in [0.717, 1.165) is 19.3 Å². The van der Waals surface area contributed by atoms with E-state index < -0.39 is 5.92 Å². The summed E-state index contributed by atoms with van der Waals surface area (Å²) < 4.78 is 27.1. The third-order valence-corrected chi connectivity index (χ3v) is 4.44. The Morgan fingerprint density at radius 2 is 2.11 bits per heavy atom. The average molecular weight is 257 g/mol. The van der Waals surface area contributed by atoms with Crippen LogP contribution >= 0.6 is 0 Å². The summed E-state index contributed by atoms with van der Waals surface area (Å²) in [6.45, 7) is 0. The number of allylic oxidation sites excluding steroid dienone is 1. The van der Waals surface area contributed by atoms with Crippen molar-refractivity contribution < 1.29 is 8.78 Å². The molecule has 0 radical (unpaired) electrons. The zero-order valence-electron chi connectivity index (χ0n) is 11.4. The standard InChI is InChI=1S/C15H25F2N/c1-18-14(12-7-4-2-3-5-8-12)13-9-6-10-15(16,17)11-13/h7,13-14,18H,2-6,8-11H2,1H3. The molecule has 1 saturated carbocycles. The monoisotopic (exact) mass is 257 g/mol. The van der Waals surface area contributed by atoms with Gasteiger partial charge >= 0.3 is 0 Å². The molecule has 104 valence electrons. The van der Waals surface area contributed by atoms with Gasteiger partial charge in [-0.1, -0.05) is 18.1 Å². The van der Waals surface area contributed by atoms with Gasteiger partial charge in [-0.05, 0) is 51.5 Å². The highest BCUT2D eigenvalue weighted by molar-refractivity contribution is 5.14. The minimum Gasteiger partial charge on any atom is -0.313 e. The molecule has 2 atom stereocenters. The van der Waals surface area contributed by atoms with Crippen molar-refractivity contribution in [1.82, 2.24) is 5.32 Å². The molecule has 2 aliphatic carbocycles. The predicted molar refractivity (Wildman–Crippen MR) is 70.9 cm³/mol. The molecule has 1 N–H and O–H groups in total. The minimum absolute atomic E-state index is 0.0653. The van der Waals surface area contributed by atoms with E-state index >= 15 is 0 Å². The zero-order chi connectivity index (χ0) is 13.0. The largest absolute Gasteiger partial charge is 0.313 e. The van der Waals surface area contributed by atoms with Gasteiger partial charge in [0.05, 0.1) is 0 Å². The summed E-state index contributed by atoms with van der Waals surface area (Å²) in [5.41, 5.74) is 1.39. The van der Waals surface area contributed by atoms with E-state index in [1.807, 2.05) is 7.05 Å². The SMILES string of the molecule is CNC(C1=CCCCCC1)C1CCCC(F)(F)C1. The molecule has 18 heavy (non-hydrogen) atoms. The van der Waals surface area contributed by atoms with Crippen molar-refractivity contribution in [2.24, 2.45) is 5.92 Å². The molecule has 0 aromatic rings. The first-order chi connectivity index (χ1) is 8.62. The third kappa shape index (κ3) is 3.53. The fourth-order valence-electron chi connectivity index (χ4n) is 3.54. The van der Waals surface area contributed by atoms with Crippen LogP contribution in [0.3, 0.4) is 0 Å². The molecule has 2 rings (SSSR count). The maximum absolute atomic E-state index is 13.6. The highest BCUT2D eigenvalue weighted by Crippen LogP contribution is 2.40. The van der Waals surface area contributed by atoms with Crippen LogP contribution in [0.1, 0.15) is 57.8 Å². The van der Waals surface area contributed by atoms with Crippen molar-refractivity contribution in [3.63, 3.8) is 0 Å². The van der Waals surface area contributed by atoms with Crippen LogP contribution in [0.15, 0.2) is 11.6 Å². The molecule has 2 unspecified atom stereocenters. The van der Waals surface area contributed by atoms with E-state index in [9.17, 15) is 8.78 Å². The summed E-state index contributed by atoms with van der Waals surface area (Å²) in [5, 5.41) is 3.31. The van der Waals surface area contributed by atoms with E-state index in [1.165, 1.54) is 24.8 Å². The molecule has 0 amide bonds. The van der Waals surface area contributed by atoms with Gasteiger partial charge in [0.2, 0.25) is 5.92 Å². The van der Waals surface area contributed by atoms with Gasteiger partial charge in [-0.2, -0.15) is 0 Å². The quantitative estimate of drug-likeness (QED) is 0.744. The van der Waals surface area contributed by atoms with E-state index in [2.05, 4.69) is 11.4 Å². The molecule has 1 fully saturated rings. The smallest absolute Gasteiger partial charge is 0.248 e. The first-order valence-electron chi connectivity index (χ1n) is 7.36. The molecular formula is C15H25F2N. The number of hydrogen-bond acceptors (Lipinski definition) is 1. The van der Waals surface area contributed by atoms with Crippen LogP contribution in [0.4, 0.5) is 8.78 Å². The van der Waals surface area contributed by atoms with Gasteiger partial charge in [0.25, 0.3) is 0 Å². The molecule has 0 heterocycles. The first kappa shape index (κ1) is 14.0. The summed E-state index contributed by atoms with van der Waals surface area (Å²) >= 11 is 0. The number of nitrogens with one attached hydrogen (secondary N) is 1. The van der Waals surface area contributed by atoms with Gasteiger partial charge in [-0.3, -0.25) is 0 Å². The molecule has 0 spiro atoms. The van der Waals surface area contributed by atoms with Gasteiger partial charge in [0.1, 0.15) is 0 Å². The number of halogens is 2. The topological polar surface area (TPSA) is 12.0 Å². The highest BCUT2D eigenvalue weighted by Gasteiger charge is 2.39. The Hall–Kier alpha value is -0.440. The van der Waals surface area contributed by atoms with Crippen LogP contribution in [0.2, 0.25) is 0 Å². The van der Waals surface area contributed by atoms with Crippen molar-refractivity contribution in [2.45, 2.75) is 69.8 Å². The summed E-state index contributed by atoms with van der Waals surface area (Å²) in [7, 11) is 1.92. The number of alkyl halides is 2. The fraction of sp³-hybridized carbons (Fsp3) is 0.867. The molecule has 0 aromatic carbocycles. The predicted octanol–water partition coefficient (Wildman–Crippen LogP) is 4.29. The Bertz CT molecular complexity index is 299. The lowest BCUT2D eigenvalue weighted by Crippen LogP contribution is -2.41. The van der Waals surface area contributed by atoms with Crippen LogP contribution in [-0.2, 0) is 0 Å². The highest BCUT2D eigenvalue weighted by atomic mass is 19.3. The van der Waals surface area contributed by atoms with Crippen molar-refractivity contribution in [3.8, 4) is 0 Å².